The molecule has 0 unspecified atom stereocenters. The molecule has 1 aromatic carbocycles. The van der Waals surface area contributed by atoms with E-state index in [4.69, 9.17) is 15.7 Å². The number of nitrogens with zero attached hydrogens (tertiary/aromatic N) is 3. The maximum atomic E-state index is 14.0. The first-order valence-electron chi connectivity index (χ1n) is 9.33. The lowest BCUT2D eigenvalue weighted by Crippen LogP contribution is -2.14. The standard InChI is InChI=1S/C20H20BrF2N5O2S/c1-2-30-15-9-17(31-16(15)10-18(24)28-29)20-26-6-4-19(27-20)25-5-3-12-13(22)7-11(21)8-14(12)23/h4,6-9,29H,2-3,5,10H2,1H3,(H2,24,28)(H,25,26,27). The summed E-state index contributed by atoms with van der Waals surface area (Å²) in [5.41, 5.74) is 5.64. The highest BCUT2D eigenvalue weighted by atomic mass is 79.9. The average Bonchev–Trinajstić information content (AvgIpc) is 3.12. The third-order valence-electron chi connectivity index (χ3n) is 4.20. The van der Waals surface area contributed by atoms with E-state index in [1.54, 1.807) is 18.3 Å². The Kier molecular flexibility index (Phi) is 7.75. The second-order valence-corrected chi connectivity index (χ2v) is 8.44. The van der Waals surface area contributed by atoms with Gasteiger partial charge in [-0.1, -0.05) is 21.1 Å². The summed E-state index contributed by atoms with van der Waals surface area (Å²) in [5, 5.41) is 14.9. The van der Waals surface area contributed by atoms with Crippen LogP contribution in [0, 0.1) is 11.6 Å². The Balaban J connectivity index is 1.74. The van der Waals surface area contributed by atoms with Gasteiger partial charge >= 0.3 is 0 Å². The number of anilines is 1. The highest BCUT2D eigenvalue weighted by Crippen LogP contribution is 2.35. The molecule has 3 rings (SSSR count). The van der Waals surface area contributed by atoms with Crippen molar-refractivity contribution in [3.05, 3.63) is 57.0 Å². The highest BCUT2D eigenvalue weighted by molar-refractivity contribution is 9.10. The molecule has 11 heteroatoms. The molecule has 164 valence electrons. The van der Waals surface area contributed by atoms with Gasteiger partial charge in [0.1, 0.15) is 29.0 Å². The molecule has 0 fully saturated rings. The summed E-state index contributed by atoms with van der Waals surface area (Å²) >= 11 is 4.45. The molecular weight excluding hydrogens is 492 g/mol. The molecule has 3 aromatic rings. The molecule has 7 nitrogen and oxygen atoms in total. The van der Waals surface area contributed by atoms with E-state index < -0.39 is 11.6 Å². The van der Waals surface area contributed by atoms with Gasteiger partial charge in [-0.3, -0.25) is 0 Å². The van der Waals surface area contributed by atoms with Gasteiger partial charge in [0.15, 0.2) is 5.82 Å². The predicted octanol–water partition coefficient (Wildman–Crippen LogP) is 4.59. The Morgan fingerprint density at radius 2 is 2.06 bits per heavy atom. The number of nitrogens with two attached hydrogens (primary N) is 1. The molecule has 0 amide bonds. The summed E-state index contributed by atoms with van der Waals surface area (Å²) in [6.45, 7) is 2.61. The molecule has 4 N–H and O–H groups in total. The second-order valence-electron chi connectivity index (χ2n) is 6.39. The summed E-state index contributed by atoms with van der Waals surface area (Å²) in [7, 11) is 0. The molecule has 0 aliphatic rings. The summed E-state index contributed by atoms with van der Waals surface area (Å²) in [6, 6.07) is 5.95. The van der Waals surface area contributed by atoms with E-state index in [2.05, 4.69) is 36.4 Å². The lowest BCUT2D eigenvalue weighted by molar-refractivity contribution is 0.317. The Labute approximate surface area is 190 Å². The van der Waals surface area contributed by atoms with Crippen LogP contribution < -0.4 is 15.8 Å². The van der Waals surface area contributed by atoms with Crippen LogP contribution in [0.2, 0.25) is 0 Å². The van der Waals surface area contributed by atoms with Gasteiger partial charge in [0.05, 0.1) is 16.4 Å². The van der Waals surface area contributed by atoms with Crippen LogP contribution >= 0.6 is 27.3 Å². The molecule has 2 aromatic heterocycles. The van der Waals surface area contributed by atoms with Crippen LogP contribution in [0.3, 0.4) is 0 Å². The number of rotatable bonds is 9. The first-order valence-corrected chi connectivity index (χ1v) is 10.9. The van der Waals surface area contributed by atoms with Gasteiger partial charge < -0.3 is 21.0 Å². The van der Waals surface area contributed by atoms with Crippen LogP contribution in [0.15, 0.2) is 40.1 Å². The SMILES string of the molecule is CCOc1cc(-c2nccc(NCCc3c(F)cc(Br)cc3F)n2)sc1CC(N)=NO. The molecule has 0 aliphatic heterocycles. The Bertz CT molecular complexity index is 1070. The van der Waals surface area contributed by atoms with Gasteiger partial charge in [-0.25, -0.2) is 18.7 Å². The Morgan fingerprint density at radius 3 is 2.74 bits per heavy atom. The minimum absolute atomic E-state index is 0.0115. The number of aromatic nitrogens is 2. The van der Waals surface area contributed by atoms with Crippen molar-refractivity contribution < 1.29 is 18.7 Å². The van der Waals surface area contributed by atoms with E-state index in [0.717, 1.165) is 9.75 Å². The van der Waals surface area contributed by atoms with Gasteiger partial charge in [0, 0.05) is 35.3 Å². The molecule has 0 bridgehead atoms. The molecule has 2 heterocycles. The zero-order valence-electron chi connectivity index (χ0n) is 16.5. The zero-order chi connectivity index (χ0) is 22.4. The quantitative estimate of drug-likeness (QED) is 0.168. The number of oxime groups is 1. The van der Waals surface area contributed by atoms with E-state index in [1.165, 1.54) is 23.5 Å². The number of hydrogen-bond acceptors (Lipinski definition) is 7. The number of ether oxygens (including phenoxy) is 1. The van der Waals surface area contributed by atoms with E-state index in [0.29, 0.717) is 28.5 Å². The van der Waals surface area contributed by atoms with Crippen LogP contribution in [-0.4, -0.2) is 34.2 Å². The van der Waals surface area contributed by atoms with E-state index in [-0.39, 0.29) is 30.8 Å². The smallest absolute Gasteiger partial charge is 0.171 e. The van der Waals surface area contributed by atoms with Crippen molar-refractivity contribution in [1.29, 1.82) is 0 Å². The normalized spacial score (nSPS) is 11.5. The van der Waals surface area contributed by atoms with Gasteiger partial charge in [0.2, 0.25) is 0 Å². The lowest BCUT2D eigenvalue weighted by atomic mass is 10.1. The zero-order valence-corrected chi connectivity index (χ0v) is 18.9. The Hall–Kier alpha value is -2.79. The van der Waals surface area contributed by atoms with Crippen LogP contribution in [0.5, 0.6) is 5.75 Å². The number of benzene rings is 1. The van der Waals surface area contributed by atoms with Crippen molar-refractivity contribution in [2.75, 3.05) is 18.5 Å². The van der Waals surface area contributed by atoms with E-state index in [1.807, 2.05) is 6.92 Å². The molecule has 31 heavy (non-hydrogen) atoms. The predicted molar refractivity (Wildman–Crippen MR) is 120 cm³/mol. The number of hydrogen-bond donors (Lipinski definition) is 3. The van der Waals surface area contributed by atoms with Crippen molar-refractivity contribution in [2.24, 2.45) is 10.9 Å². The fraction of sp³-hybridized carbons (Fsp3) is 0.250. The monoisotopic (exact) mass is 511 g/mol. The van der Waals surface area contributed by atoms with Gasteiger partial charge in [-0.05, 0) is 31.5 Å². The van der Waals surface area contributed by atoms with E-state index >= 15 is 0 Å². The molecule has 0 atom stereocenters. The maximum Gasteiger partial charge on any atom is 0.171 e. The lowest BCUT2D eigenvalue weighted by Gasteiger charge is -2.08. The minimum atomic E-state index is -0.600. The molecule has 0 radical (unpaired) electrons. The minimum Gasteiger partial charge on any atom is -0.493 e. The van der Waals surface area contributed by atoms with Crippen molar-refractivity contribution in [3.63, 3.8) is 0 Å². The largest absolute Gasteiger partial charge is 0.493 e. The molecule has 0 saturated heterocycles. The van der Waals surface area contributed by atoms with Crippen molar-refractivity contribution in [2.45, 2.75) is 19.8 Å². The summed E-state index contributed by atoms with van der Waals surface area (Å²) < 4.78 is 33.9. The van der Waals surface area contributed by atoms with Gasteiger partial charge in [-0.2, -0.15) is 0 Å². The number of amidine groups is 1. The highest BCUT2D eigenvalue weighted by Gasteiger charge is 2.16. The third kappa shape index (κ3) is 5.88. The van der Waals surface area contributed by atoms with Gasteiger partial charge in [0.25, 0.3) is 0 Å². The van der Waals surface area contributed by atoms with Crippen LogP contribution in [0.4, 0.5) is 14.6 Å². The summed E-state index contributed by atoms with van der Waals surface area (Å²) in [4.78, 5) is 10.3. The van der Waals surface area contributed by atoms with Crippen LogP contribution in [0.25, 0.3) is 10.7 Å². The number of nitrogens with one attached hydrogen (secondary N) is 1. The summed E-state index contributed by atoms with van der Waals surface area (Å²) in [5.74, 6) is 0.472. The number of thiophene rings is 1. The molecule has 0 saturated carbocycles. The average molecular weight is 512 g/mol. The second kappa shape index (κ2) is 10.5. The van der Waals surface area contributed by atoms with E-state index in [9.17, 15) is 8.78 Å². The molecule has 0 spiro atoms. The Morgan fingerprint density at radius 1 is 1.32 bits per heavy atom. The first-order chi connectivity index (χ1) is 14.9. The summed E-state index contributed by atoms with van der Waals surface area (Å²) in [6.07, 6.45) is 1.98. The number of halogens is 3. The molecule has 0 aliphatic carbocycles. The van der Waals surface area contributed by atoms with Crippen molar-refractivity contribution >= 4 is 38.9 Å². The van der Waals surface area contributed by atoms with Crippen LogP contribution in [0.1, 0.15) is 17.4 Å². The fourth-order valence-electron chi connectivity index (χ4n) is 2.83. The van der Waals surface area contributed by atoms with Gasteiger partial charge in [-0.15, -0.1) is 11.3 Å². The fourth-order valence-corrected chi connectivity index (χ4v) is 4.29. The van der Waals surface area contributed by atoms with Crippen molar-refractivity contribution in [3.8, 4) is 16.5 Å². The van der Waals surface area contributed by atoms with Crippen LogP contribution in [-0.2, 0) is 12.8 Å². The third-order valence-corrected chi connectivity index (χ3v) is 5.77. The maximum absolute atomic E-state index is 14.0. The first kappa shape index (κ1) is 22.9. The van der Waals surface area contributed by atoms with Crippen molar-refractivity contribution in [1.82, 2.24) is 9.97 Å². The molecular formula is C20H20BrF2N5O2S. The topological polar surface area (TPSA) is 106 Å².